The second-order valence-electron chi connectivity index (χ2n) is 4.29. The van der Waals surface area contributed by atoms with Crippen LogP contribution in [0.2, 0.25) is 0 Å². The van der Waals surface area contributed by atoms with Crippen LogP contribution in [0.15, 0.2) is 30.3 Å². The lowest BCUT2D eigenvalue weighted by molar-refractivity contribution is 0.166. The molecule has 0 aromatic heterocycles. The molecule has 1 aromatic rings. The van der Waals surface area contributed by atoms with Gasteiger partial charge in [-0.3, -0.25) is 0 Å². The van der Waals surface area contributed by atoms with Crippen LogP contribution in [-0.4, -0.2) is 12.0 Å². The minimum atomic E-state index is 0.398. The maximum atomic E-state index is 5.72. The first-order valence-corrected chi connectivity index (χ1v) is 6.52. The molecule has 0 amide bonds. The van der Waals surface area contributed by atoms with Crippen molar-refractivity contribution in [3.63, 3.8) is 0 Å². The van der Waals surface area contributed by atoms with Crippen LogP contribution in [-0.2, 0) is 4.74 Å². The van der Waals surface area contributed by atoms with Gasteiger partial charge >= 0.3 is 0 Å². The van der Waals surface area contributed by atoms with E-state index in [4.69, 9.17) is 4.74 Å². The molecule has 0 bridgehead atoms. The van der Waals surface area contributed by atoms with E-state index in [1.165, 1.54) is 12.0 Å². The zero-order valence-electron chi connectivity index (χ0n) is 9.35. The highest BCUT2D eigenvalue weighted by Gasteiger charge is 2.24. The fourth-order valence-corrected chi connectivity index (χ4v) is 3.23. The Morgan fingerprint density at radius 2 is 2.07 bits per heavy atom. The molecule has 1 heterocycles. The molecule has 0 spiro atoms. The lowest BCUT2D eigenvalue weighted by Crippen LogP contribution is -2.02. The summed E-state index contributed by atoms with van der Waals surface area (Å²) in [5, 5.41) is 0.529. The Balaban J connectivity index is 1.90. The van der Waals surface area contributed by atoms with Gasteiger partial charge in [0.25, 0.3) is 0 Å². The summed E-state index contributed by atoms with van der Waals surface area (Å²) in [5.41, 5.74) is 1.79. The van der Waals surface area contributed by atoms with Crippen molar-refractivity contribution in [2.24, 2.45) is 5.92 Å². The van der Waals surface area contributed by atoms with E-state index in [0.717, 1.165) is 12.5 Å². The van der Waals surface area contributed by atoms with Crippen molar-refractivity contribution in [3.05, 3.63) is 35.9 Å². The van der Waals surface area contributed by atoms with Gasteiger partial charge in [-0.15, -0.1) is 11.8 Å². The Morgan fingerprint density at radius 1 is 1.33 bits per heavy atom. The predicted molar refractivity (Wildman–Crippen MR) is 66.0 cm³/mol. The van der Waals surface area contributed by atoms with Crippen molar-refractivity contribution in [2.45, 2.75) is 31.0 Å². The van der Waals surface area contributed by atoms with Gasteiger partial charge in [0.1, 0.15) is 5.44 Å². The first-order valence-electron chi connectivity index (χ1n) is 5.57. The SMILES string of the molecule is C[C@H]1COC(S[C@H](C)c2ccccc2)C1. The quantitative estimate of drug-likeness (QED) is 0.768. The molecule has 0 radical (unpaired) electrons. The molecular weight excluding hydrogens is 204 g/mol. The topological polar surface area (TPSA) is 9.23 Å². The van der Waals surface area contributed by atoms with E-state index in [9.17, 15) is 0 Å². The highest BCUT2D eigenvalue weighted by atomic mass is 32.2. The average molecular weight is 222 g/mol. The monoisotopic (exact) mass is 222 g/mol. The molecule has 1 saturated heterocycles. The van der Waals surface area contributed by atoms with Crippen LogP contribution in [0.3, 0.4) is 0 Å². The summed E-state index contributed by atoms with van der Waals surface area (Å²) >= 11 is 1.94. The number of thioether (sulfide) groups is 1. The normalized spacial score (nSPS) is 27.9. The first kappa shape index (κ1) is 11.0. The molecule has 1 aliphatic rings. The van der Waals surface area contributed by atoms with Gasteiger partial charge in [-0.05, 0) is 24.8 Å². The Morgan fingerprint density at radius 3 is 2.67 bits per heavy atom. The number of hydrogen-bond donors (Lipinski definition) is 0. The van der Waals surface area contributed by atoms with Gasteiger partial charge in [0.05, 0.1) is 6.61 Å². The maximum Gasteiger partial charge on any atom is 0.104 e. The molecule has 1 aromatic carbocycles. The van der Waals surface area contributed by atoms with E-state index in [1.807, 2.05) is 11.8 Å². The molecule has 2 heteroatoms. The Bertz CT molecular complexity index is 299. The molecule has 2 rings (SSSR count). The predicted octanol–water partition coefficient (Wildman–Crippen LogP) is 3.86. The van der Waals surface area contributed by atoms with Crippen LogP contribution < -0.4 is 0 Å². The molecule has 82 valence electrons. The fourth-order valence-electron chi connectivity index (χ4n) is 1.86. The molecule has 15 heavy (non-hydrogen) atoms. The molecule has 1 nitrogen and oxygen atoms in total. The highest BCUT2D eigenvalue weighted by molar-refractivity contribution is 7.99. The second kappa shape index (κ2) is 5.04. The van der Waals surface area contributed by atoms with Crippen LogP contribution in [0.25, 0.3) is 0 Å². The van der Waals surface area contributed by atoms with Gasteiger partial charge in [-0.1, -0.05) is 37.3 Å². The largest absolute Gasteiger partial charge is 0.367 e. The van der Waals surface area contributed by atoms with Crippen LogP contribution in [0.5, 0.6) is 0 Å². The van der Waals surface area contributed by atoms with E-state index in [-0.39, 0.29) is 0 Å². The zero-order valence-corrected chi connectivity index (χ0v) is 10.2. The number of rotatable bonds is 3. The van der Waals surface area contributed by atoms with Gasteiger partial charge in [0.2, 0.25) is 0 Å². The molecule has 3 atom stereocenters. The molecule has 0 N–H and O–H groups in total. The van der Waals surface area contributed by atoms with E-state index >= 15 is 0 Å². The first-order chi connectivity index (χ1) is 7.25. The highest BCUT2D eigenvalue weighted by Crippen LogP contribution is 2.37. The van der Waals surface area contributed by atoms with Crippen molar-refractivity contribution in [1.82, 2.24) is 0 Å². The maximum absolute atomic E-state index is 5.72. The van der Waals surface area contributed by atoms with Gasteiger partial charge in [0, 0.05) is 5.25 Å². The molecule has 0 saturated carbocycles. The smallest absolute Gasteiger partial charge is 0.104 e. The summed E-state index contributed by atoms with van der Waals surface area (Å²) in [6, 6.07) is 10.6. The van der Waals surface area contributed by atoms with E-state index < -0.39 is 0 Å². The van der Waals surface area contributed by atoms with Crippen LogP contribution in [0, 0.1) is 5.92 Å². The molecule has 1 unspecified atom stereocenters. The zero-order chi connectivity index (χ0) is 10.7. The molecule has 0 aliphatic carbocycles. The summed E-state index contributed by atoms with van der Waals surface area (Å²) in [6.07, 6.45) is 1.20. The average Bonchev–Trinajstić information content (AvgIpc) is 2.65. The molecular formula is C13H18OS. The van der Waals surface area contributed by atoms with Gasteiger partial charge in [-0.25, -0.2) is 0 Å². The van der Waals surface area contributed by atoms with Crippen LogP contribution in [0.1, 0.15) is 31.1 Å². The standard InChI is InChI=1S/C13H18OS/c1-10-8-13(14-9-10)15-11(2)12-6-4-3-5-7-12/h3-7,10-11,13H,8-9H2,1-2H3/t10-,11-,13?/m1/s1. The molecule has 1 aliphatic heterocycles. The Hall–Kier alpha value is -0.470. The van der Waals surface area contributed by atoms with Gasteiger partial charge in [0.15, 0.2) is 0 Å². The Labute approximate surface area is 96.2 Å². The van der Waals surface area contributed by atoms with Crippen molar-refractivity contribution in [3.8, 4) is 0 Å². The van der Waals surface area contributed by atoms with Crippen molar-refractivity contribution < 1.29 is 4.74 Å². The van der Waals surface area contributed by atoms with Crippen molar-refractivity contribution >= 4 is 11.8 Å². The lowest BCUT2D eigenvalue weighted by atomic mass is 10.2. The summed E-state index contributed by atoms with van der Waals surface area (Å²) in [7, 11) is 0. The van der Waals surface area contributed by atoms with Gasteiger partial charge < -0.3 is 4.74 Å². The van der Waals surface area contributed by atoms with Crippen molar-refractivity contribution in [2.75, 3.05) is 6.61 Å². The number of hydrogen-bond acceptors (Lipinski definition) is 2. The Kier molecular flexibility index (Phi) is 3.71. The van der Waals surface area contributed by atoms with Crippen LogP contribution >= 0.6 is 11.8 Å². The molecule has 1 fully saturated rings. The number of benzene rings is 1. The summed E-state index contributed by atoms with van der Waals surface area (Å²) in [6.45, 7) is 5.44. The summed E-state index contributed by atoms with van der Waals surface area (Å²) in [4.78, 5) is 0. The summed E-state index contributed by atoms with van der Waals surface area (Å²) in [5.74, 6) is 0.727. The van der Waals surface area contributed by atoms with E-state index in [1.54, 1.807) is 0 Å². The van der Waals surface area contributed by atoms with E-state index in [0.29, 0.717) is 10.7 Å². The minimum Gasteiger partial charge on any atom is -0.367 e. The third-order valence-electron chi connectivity index (χ3n) is 2.79. The van der Waals surface area contributed by atoms with E-state index in [2.05, 4.69) is 44.2 Å². The lowest BCUT2D eigenvalue weighted by Gasteiger charge is -2.16. The minimum absolute atomic E-state index is 0.398. The second-order valence-corrected chi connectivity index (χ2v) is 5.80. The third kappa shape index (κ3) is 2.99. The van der Waals surface area contributed by atoms with Crippen molar-refractivity contribution in [1.29, 1.82) is 0 Å². The number of ether oxygens (including phenoxy) is 1. The fraction of sp³-hybridized carbons (Fsp3) is 0.538. The van der Waals surface area contributed by atoms with Crippen LogP contribution in [0.4, 0.5) is 0 Å². The van der Waals surface area contributed by atoms with Gasteiger partial charge in [-0.2, -0.15) is 0 Å². The third-order valence-corrected chi connectivity index (χ3v) is 4.10. The summed E-state index contributed by atoms with van der Waals surface area (Å²) < 4.78 is 5.72.